The van der Waals surface area contributed by atoms with Crippen molar-refractivity contribution in [2.45, 2.75) is 16.5 Å². The Labute approximate surface area is 115 Å². The van der Waals surface area contributed by atoms with Gasteiger partial charge in [0.25, 0.3) is 0 Å². The molecule has 1 aromatic heterocycles. The van der Waals surface area contributed by atoms with Crippen molar-refractivity contribution in [3.8, 4) is 0 Å². The number of carbonyl (C=O) groups is 1. The molecule has 0 saturated heterocycles. The summed E-state index contributed by atoms with van der Waals surface area (Å²) in [5.41, 5.74) is 6.08. The number of aryl methyl sites for hydroxylation is 1. The molecule has 2 aromatic rings. The zero-order valence-electron chi connectivity index (χ0n) is 10.5. The molecule has 1 amide bonds. The first kappa shape index (κ1) is 13.6. The minimum atomic E-state index is -0.0730. The molecule has 1 heterocycles. The minimum absolute atomic E-state index is 0.0730. The number of rotatable bonds is 5. The molecule has 0 fully saturated rings. The van der Waals surface area contributed by atoms with E-state index in [9.17, 15) is 4.79 Å². The van der Waals surface area contributed by atoms with Gasteiger partial charge in [0.15, 0.2) is 5.16 Å². The van der Waals surface area contributed by atoms with Gasteiger partial charge in [-0.05, 0) is 36.0 Å². The maximum atomic E-state index is 11.4. The molecule has 0 radical (unpaired) electrons. The van der Waals surface area contributed by atoms with Crippen molar-refractivity contribution in [1.82, 2.24) is 14.8 Å². The molecule has 1 aromatic carbocycles. The van der Waals surface area contributed by atoms with Crippen molar-refractivity contribution in [2.75, 3.05) is 11.9 Å². The lowest BCUT2D eigenvalue weighted by molar-refractivity contribution is -0.116. The van der Waals surface area contributed by atoms with Crippen LogP contribution in [0.15, 0.2) is 40.6 Å². The Bertz CT molecular complexity index is 552. The van der Waals surface area contributed by atoms with Crippen LogP contribution in [0.4, 0.5) is 5.69 Å². The van der Waals surface area contributed by atoms with Gasteiger partial charge >= 0.3 is 0 Å². The van der Waals surface area contributed by atoms with Gasteiger partial charge in [-0.1, -0.05) is 0 Å². The fourth-order valence-corrected chi connectivity index (χ4v) is 2.19. The second-order valence-electron chi connectivity index (χ2n) is 3.94. The first-order valence-corrected chi connectivity index (χ1v) is 6.62. The van der Waals surface area contributed by atoms with E-state index in [-0.39, 0.29) is 5.91 Å². The van der Waals surface area contributed by atoms with Gasteiger partial charge < -0.3 is 15.6 Å². The fourth-order valence-electron chi connectivity index (χ4n) is 1.43. The molecule has 0 atom stereocenters. The molecule has 19 heavy (non-hydrogen) atoms. The van der Waals surface area contributed by atoms with Crippen LogP contribution in [-0.2, 0) is 11.8 Å². The van der Waals surface area contributed by atoms with Crippen LogP contribution in [0, 0.1) is 0 Å². The molecular weight excluding hydrogens is 262 g/mol. The SMILES string of the molecule is Cn1cnnc1Sc1ccc(NC(=O)CCN)cc1. The molecule has 0 bridgehead atoms. The molecule has 0 unspecified atom stereocenters. The largest absolute Gasteiger partial charge is 0.330 e. The first-order valence-electron chi connectivity index (χ1n) is 5.81. The Morgan fingerprint density at radius 2 is 2.16 bits per heavy atom. The molecule has 0 saturated carbocycles. The molecule has 100 valence electrons. The molecule has 2 rings (SSSR count). The van der Waals surface area contributed by atoms with Crippen LogP contribution in [-0.4, -0.2) is 27.2 Å². The van der Waals surface area contributed by atoms with Gasteiger partial charge in [0, 0.05) is 30.6 Å². The number of aromatic nitrogens is 3. The van der Waals surface area contributed by atoms with Crippen molar-refractivity contribution in [3.05, 3.63) is 30.6 Å². The van der Waals surface area contributed by atoms with Gasteiger partial charge in [0.1, 0.15) is 6.33 Å². The standard InChI is InChI=1S/C12H15N5OS/c1-17-8-14-16-12(17)19-10-4-2-9(3-5-10)15-11(18)6-7-13/h2-5,8H,6-7,13H2,1H3,(H,15,18). The fraction of sp³-hybridized carbons (Fsp3) is 0.250. The number of nitrogens with two attached hydrogens (primary N) is 1. The maximum Gasteiger partial charge on any atom is 0.225 e. The molecular formula is C12H15N5OS. The molecule has 6 nitrogen and oxygen atoms in total. The monoisotopic (exact) mass is 277 g/mol. The quantitative estimate of drug-likeness (QED) is 0.859. The summed E-state index contributed by atoms with van der Waals surface area (Å²) in [7, 11) is 1.89. The molecule has 3 N–H and O–H groups in total. The van der Waals surface area contributed by atoms with Crippen molar-refractivity contribution in [3.63, 3.8) is 0 Å². The van der Waals surface area contributed by atoms with E-state index in [1.807, 2.05) is 35.9 Å². The summed E-state index contributed by atoms with van der Waals surface area (Å²) < 4.78 is 1.85. The number of carbonyl (C=O) groups excluding carboxylic acids is 1. The lowest BCUT2D eigenvalue weighted by Gasteiger charge is -2.05. The lowest BCUT2D eigenvalue weighted by Crippen LogP contribution is -2.15. The van der Waals surface area contributed by atoms with Gasteiger partial charge in [-0.3, -0.25) is 4.79 Å². The Morgan fingerprint density at radius 3 is 2.74 bits per heavy atom. The second kappa shape index (κ2) is 6.35. The highest BCUT2D eigenvalue weighted by Crippen LogP contribution is 2.26. The number of nitrogens with zero attached hydrogens (tertiary/aromatic N) is 3. The minimum Gasteiger partial charge on any atom is -0.330 e. The highest BCUT2D eigenvalue weighted by atomic mass is 32.2. The van der Waals surface area contributed by atoms with E-state index in [1.54, 1.807) is 6.33 Å². The first-order chi connectivity index (χ1) is 9.19. The Kier molecular flexibility index (Phi) is 4.53. The summed E-state index contributed by atoms with van der Waals surface area (Å²) in [6.45, 7) is 0.353. The normalized spacial score (nSPS) is 10.4. The molecule has 0 spiro atoms. The Balaban J connectivity index is 1.98. The van der Waals surface area contributed by atoms with Crippen LogP contribution < -0.4 is 11.1 Å². The van der Waals surface area contributed by atoms with Gasteiger partial charge in [0.05, 0.1) is 0 Å². The number of benzene rings is 1. The summed E-state index contributed by atoms with van der Waals surface area (Å²) in [4.78, 5) is 12.4. The van der Waals surface area contributed by atoms with Crippen LogP contribution in [0.5, 0.6) is 0 Å². The summed E-state index contributed by atoms with van der Waals surface area (Å²) in [5, 5.41) is 11.4. The van der Waals surface area contributed by atoms with Crippen molar-refractivity contribution < 1.29 is 4.79 Å². The van der Waals surface area contributed by atoms with E-state index >= 15 is 0 Å². The predicted octanol–water partition coefficient (Wildman–Crippen LogP) is 1.25. The average molecular weight is 277 g/mol. The second-order valence-corrected chi connectivity index (χ2v) is 4.98. The van der Waals surface area contributed by atoms with Crippen LogP contribution in [0.3, 0.4) is 0 Å². The summed E-state index contributed by atoms with van der Waals surface area (Å²) in [6, 6.07) is 7.56. The van der Waals surface area contributed by atoms with Crippen molar-refractivity contribution >= 4 is 23.4 Å². The number of hydrogen-bond acceptors (Lipinski definition) is 5. The highest BCUT2D eigenvalue weighted by Gasteiger charge is 2.04. The van der Waals surface area contributed by atoms with Crippen molar-refractivity contribution in [2.24, 2.45) is 12.8 Å². The lowest BCUT2D eigenvalue weighted by atomic mass is 10.3. The van der Waals surface area contributed by atoms with E-state index in [0.29, 0.717) is 13.0 Å². The molecule has 7 heteroatoms. The van der Waals surface area contributed by atoms with Crippen LogP contribution in [0.25, 0.3) is 0 Å². The zero-order valence-corrected chi connectivity index (χ0v) is 11.4. The van der Waals surface area contributed by atoms with E-state index in [1.165, 1.54) is 11.8 Å². The van der Waals surface area contributed by atoms with E-state index in [2.05, 4.69) is 15.5 Å². The van der Waals surface area contributed by atoms with Gasteiger partial charge in [-0.2, -0.15) is 0 Å². The predicted molar refractivity (Wildman–Crippen MR) is 73.9 cm³/mol. The number of anilines is 1. The molecule has 0 aliphatic carbocycles. The number of amides is 1. The van der Waals surface area contributed by atoms with E-state index in [4.69, 9.17) is 5.73 Å². The molecule has 0 aliphatic rings. The maximum absolute atomic E-state index is 11.4. The van der Waals surface area contributed by atoms with Crippen LogP contribution in [0.2, 0.25) is 0 Å². The number of hydrogen-bond donors (Lipinski definition) is 2. The number of nitrogens with one attached hydrogen (secondary N) is 1. The third-order valence-electron chi connectivity index (χ3n) is 2.39. The van der Waals surface area contributed by atoms with E-state index in [0.717, 1.165) is 15.7 Å². The summed E-state index contributed by atoms with van der Waals surface area (Å²) in [5.74, 6) is -0.0730. The topological polar surface area (TPSA) is 85.8 Å². The van der Waals surface area contributed by atoms with Gasteiger partial charge in [-0.15, -0.1) is 10.2 Å². The summed E-state index contributed by atoms with van der Waals surface area (Å²) >= 11 is 1.52. The highest BCUT2D eigenvalue weighted by molar-refractivity contribution is 7.99. The third-order valence-corrected chi connectivity index (χ3v) is 3.45. The third kappa shape index (κ3) is 3.80. The van der Waals surface area contributed by atoms with Crippen molar-refractivity contribution in [1.29, 1.82) is 0 Å². The van der Waals surface area contributed by atoms with Crippen LogP contribution >= 0.6 is 11.8 Å². The Morgan fingerprint density at radius 1 is 1.42 bits per heavy atom. The zero-order chi connectivity index (χ0) is 13.7. The molecule has 0 aliphatic heterocycles. The van der Waals surface area contributed by atoms with E-state index < -0.39 is 0 Å². The van der Waals surface area contributed by atoms with Gasteiger partial charge in [-0.25, -0.2) is 0 Å². The van der Waals surface area contributed by atoms with Gasteiger partial charge in [0.2, 0.25) is 5.91 Å². The Hall–Kier alpha value is -1.86. The van der Waals surface area contributed by atoms with Crippen LogP contribution in [0.1, 0.15) is 6.42 Å². The summed E-state index contributed by atoms with van der Waals surface area (Å²) in [6.07, 6.45) is 1.99. The average Bonchev–Trinajstić information content (AvgIpc) is 2.78. The smallest absolute Gasteiger partial charge is 0.225 e.